The first-order valence-corrected chi connectivity index (χ1v) is 8.24. The number of carbonyl (C=O) groups excluding carboxylic acids is 2. The van der Waals surface area contributed by atoms with Crippen molar-refractivity contribution < 1.29 is 18.7 Å². The fraction of sp³-hybridized carbons (Fsp3) is 0.176. The second-order valence-electron chi connectivity index (χ2n) is 5.38. The van der Waals surface area contributed by atoms with Crippen molar-refractivity contribution in [2.24, 2.45) is 0 Å². The highest BCUT2D eigenvalue weighted by Gasteiger charge is 2.26. The van der Waals surface area contributed by atoms with Crippen molar-refractivity contribution in [1.82, 2.24) is 0 Å². The molecule has 1 heterocycles. The van der Waals surface area contributed by atoms with Crippen molar-refractivity contribution in [2.45, 2.75) is 6.42 Å². The van der Waals surface area contributed by atoms with E-state index in [1.54, 1.807) is 25.2 Å². The van der Waals surface area contributed by atoms with Gasteiger partial charge in [-0.25, -0.2) is 4.39 Å². The van der Waals surface area contributed by atoms with E-state index in [9.17, 15) is 14.0 Å². The van der Waals surface area contributed by atoms with Gasteiger partial charge in [0.15, 0.2) is 12.4 Å². The van der Waals surface area contributed by atoms with Crippen molar-refractivity contribution in [2.75, 3.05) is 18.6 Å². The molecule has 0 radical (unpaired) electrons. The number of ketones is 1. The van der Waals surface area contributed by atoms with E-state index in [-0.39, 0.29) is 30.2 Å². The fourth-order valence-corrected chi connectivity index (χ4v) is 3.18. The summed E-state index contributed by atoms with van der Waals surface area (Å²) in [5, 5.41) is 0.423. The zero-order valence-corrected chi connectivity index (χ0v) is 14.9. The molecule has 2 aromatic carbocycles. The molecule has 0 atom stereocenters. The highest BCUT2D eigenvalue weighted by Crippen LogP contribution is 2.34. The second kappa shape index (κ2) is 6.53. The van der Waals surface area contributed by atoms with Crippen LogP contribution in [-0.2, 0) is 11.2 Å². The molecule has 7 heteroatoms. The summed E-state index contributed by atoms with van der Waals surface area (Å²) in [6.45, 7) is -0.148. The Morgan fingerprint density at radius 2 is 2.12 bits per heavy atom. The molecular weight excluding hydrogens is 401 g/mol. The molecule has 1 aliphatic rings. The molecule has 4 nitrogen and oxygen atoms in total. The fourth-order valence-electron chi connectivity index (χ4n) is 2.44. The van der Waals surface area contributed by atoms with Gasteiger partial charge in [0, 0.05) is 29.0 Å². The monoisotopic (exact) mass is 411 g/mol. The first kappa shape index (κ1) is 16.9. The number of ether oxygens (including phenoxy) is 1. The summed E-state index contributed by atoms with van der Waals surface area (Å²) in [6.07, 6.45) is -0.0413. The van der Waals surface area contributed by atoms with Gasteiger partial charge < -0.3 is 9.64 Å². The predicted octanol–water partition coefficient (Wildman–Crippen LogP) is 4.02. The van der Waals surface area contributed by atoms with Crippen LogP contribution in [0.3, 0.4) is 0 Å². The average molecular weight is 413 g/mol. The average Bonchev–Trinajstić information content (AvgIpc) is 2.53. The van der Waals surface area contributed by atoms with E-state index in [4.69, 9.17) is 16.3 Å². The summed E-state index contributed by atoms with van der Waals surface area (Å²) in [5.74, 6) is -1.13. The number of hydrogen-bond acceptors (Lipinski definition) is 3. The molecule has 24 heavy (non-hydrogen) atoms. The van der Waals surface area contributed by atoms with Crippen molar-refractivity contribution >= 4 is 44.9 Å². The molecule has 0 spiro atoms. The van der Waals surface area contributed by atoms with E-state index in [0.29, 0.717) is 16.3 Å². The van der Waals surface area contributed by atoms with Crippen LogP contribution in [0.1, 0.15) is 15.9 Å². The van der Waals surface area contributed by atoms with E-state index in [0.717, 1.165) is 10.5 Å². The Labute approximate surface area is 151 Å². The Morgan fingerprint density at radius 1 is 1.38 bits per heavy atom. The lowest BCUT2D eigenvalue weighted by atomic mass is 10.0. The number of nitrogens with zero attached hydrogens (tertiary/aromatic N) is 1. The normalized spacial score (nSPS) is 13.5. The largest absolute Gasteiger partial charge is 0.481 e. The minimum absolute atomic E-state index is 0.0413. The number of Topliss-reactive ketones (excluding diaryl/α,β-unsaturated/α-hetero) is 1. The predicted molar refractivity (Wildman–Crippen MR) is 92.5 cm³/mol. The third-order valence-corrected chi connectivity index (χ3v) is 4.65. The van der Waals surface area contributed by atoms with Crippen molar-refractivity contribution in [3.8, 4) is 5.75 Å². The Kier molecular flexibility index (Phi) is 4.60. The van der Waals surface area contributed by atoms with Crippen LogP contribution in [0.5, 0.6) is 5.75 Å². The van der Waals surface area contributed by atoms with Crippen LogP contribution in [-0.4, -0.2) is 25.3 Å². The summed E-state index contributed by atoms with van der Waals surface area (Å²) < 4.78 is 20.3. The molecule has 3 rings (SSSR count). The van der Waals surface area contributed by atoms with E-state index in [2.05, 4.69) is 15.9 Å². The quantitative estimate of drug-likeness (QED) is 0.715. The molecule has 0 N–H and O–H groups in total. The number of likely N-dealkylation sites (N-methyl/N-ethyl adjacent to an activating group) is 1. The van der Waals surface area contributed by atoms with Gasteiger partial charge in [0.25, 0.3) is 5.91 Å². The maximum absolute atomic E-state index is 14.3. The van der Waals surface area contributed by atoms with E-state index < -0.39 is 11.6 Å². The van der Waals surface area contributed by atoms with Crippen LogP contribution in [0.4, 0.5) is 10.1 Å². The van der Waals surface area contributed by atoms with Crippen molar-refractivity contribution in [3.05, 3.63) is 56.8 Å². The third-order valence-electron chi connectivity index (χ3n) is 3.80. The number of benzene rings is 2. The SMILES string of the molecule is CN1C(=O)COc2cc(F)c(C(=O)Cc3ccc(Br)cc3Cl)cc21. The van der Waals surface area contributed by atoms with Crippen LogP contribution in [0.25, 0.3) is 0 Å². The zero-order valence-electron chi connectivity index (χ0n) is 12.6. The lowest BCUT2D eigenvalue weighted by molar-refractivity contribution is -0.121. The summed E-state index contributed by atoms with van der Waals surface area (Å²) in [7, 11) is 1.56. The van der Waals surface area contributed by atoms with Crippen molar-refractivity contribution in [3.63, 3.8) is 0 Å². The highest BCUT2D eigenvalue weighted by atomic mass is 79.9. The van der Waals surface area contributed by atoms with Crippen LogP contribution >= 0.6 is 27.5 Å². The number of hydrogen-bond donors (Lipinski definition) is 0. The Hall–Kier alpha value is -1.92. The lowest BCUT2D eigenvalue weighted by Crippen LogP contribution is -2.35. The Bertz CT molecular complexity index is 856. The molecule has 2 aromatic rings. The first-order valence-electron chi connectivity index (χ1n) is 7.07. The van der Waals surface area contributed by atoms with Gasteiger partial charge in [-0.15, -0.1) is 0 Å². The van der Waals surface area contributed by atoms with Gasteiger partial charge in [-0.1, -0.05) is 33.6 Å². The molecule has 0 saturated heterocycles. The number of amides is 1. The van der Waals surface area contributed by atoms with Crippen LogP contribution in [0, 0.1) is 5.82 Å². The molecule has 0 aromatic heterocycles. The molecule has 0 bridgehead atoms. The smallest absolute Gasteiger partial charge is 0.264 e. The lowest BCUT2D eigenvalue weighted by Gasteiger charge is -2.26. The Balaban J connectivity index is 1.94. The summed E-state index contributed by atoms with van der Waals surface area (Å²) in [5.41, 5.74) is 0.874. The molecule has 0 saturated carbocycles. The van der Waals surface area contributed by atoms with Gasteiger partial charge in [0.1, 0.15) is 11.6 Å². The van der Waals surface area contributed by atoms with Crippen LogP contribution in [0.2, 0.25) is 5.02 Å². The van der Waals surface area contributed by atoms with Gasteiger partial charge in [0.2, 0.25) is 0 Å². The standard InChI is InChI=1S/C17H12BrClFNO3/c1-21-14-6-11(13(20)7-16(14)24-8-17(21)23)15(22)4-9-2-3-10(18)5-12(9)19/h2-3,5-7H,4,8H2,1H3. The van der Waals surface area contributed by atoms with Gasteiger partial charge in [0.05, 0.1) is 11.3 Å². The van der Waals surface area contributed by atoms with Gasteiger partial charge in [-0.3, -0.25) is 9.59 Å². The highest BCUT2D eigenvalue weighted by molar-refractivity contribution is 9.10. The maximum atomic E-state index is 14.3. The summed E-state index contributed by atoms with van der Waals surface area (Å²) >= 11 is 9.40. The zero-order chi connectivity index (χ0) is 17.4. The number of fused-ring (bicyclic) bond motifs is 1. The topological polar surface area (TPSA) is 46.6 Å². The Morgan fingerprint density at radius 3 is 2.83 bits per heavy atom. The molecule has 1 amide bonds. The second-order valence-corrected chi connectivity index (χ2v) is 6.70. The minimum atomic E-state index is -0.685. The molecule has 0 fully saturated rings. The minimum Gasteiger partial charge on any atom is -0.481 e. The number of rotatable bonds is 3. The third kappa shape index (κ3) is 3.16. The molecule has 0 aliphatic carbocycles. The van der Waals surface area contributed by atoms with Crippen LogP contribution < -0.4 is 9.64 Å². The maximum Gasteiger partial charge on any atom is 0.264 e. The van der Waals surface area contributed by atoms with Crippen molar-refractivity contribution in [1.29, 1.82) is 0 Å². The van der Waals surface area contributed by atoms with Gasteiger partial charge in [-0.2, -0.15) is 0 Å². The molecule has 124 valence electrons. The summed E-state index contributed by atoms with van der Waals surface area (Å²) in [6, 6.07) is 7.62. The number of carbonyl (C=O) groups is 2. The van der Waals surface area contributed by atoms with Gasteiger partial charge >= 0.3 is 0 Å². The molecular formula is C17H12BrClFNO3. The van der Waals surface area contributed by atoms with E-state index in [1.807, 2.05) is 0 Å². The first-order chi connectivity index (χ1) is 11.4. The number of halogens is 3. The summed E-state index contributed by atoms with van der Waals surface area (Å²) in [4.78, 5) is 25.5. The molecule has 1 aliphatic heterocycles. The number of anilines is 1. The van der Waals surface area contributed by atoms with E-state index >= 15 is 0 Å². The van der Waals surface area contributed by atoms with Crippen LogP contribution in [0.15, 0.2) is 34.8 Å². The van der Waals surface area contributed by atoms with E-state index in [1.165, 1.54) is 11.0 Å². The molecule has 0 unspecified atom stereocenters. The van der Waals surface area contributed by atoms with Gasteiger partial charge in [-0.05, 0) is 23.8 Å².